The summed E-state index contributed by atoms with van der Waals surface area (Å²) in [6, 6.07) is -2.31. The molecule has 1 unspecified atom stereocenters. The number of aliphatic hydroxyl groups excluding tert-OH is 1. The fourth-order valence-corrected chi connectivity index (χ4v) is 2.98. The van der Waals surface area contributed by atoms with Crippen LogP contribution in [-0.2, 0) is 19.6 Å². The van der Waals surface area contributed by atoms with Gasteiger partial charge in [-0.15, -0.1) is 0 Å². The lowest BCUT2D eigenvalue weighted by Crippen LogP contribution is -2.51. The number of carboxylic acid groups (broad SMARTS) is 1. The van der Waals surface area contributed by atoms with Crippen molar-refractivity contribution in [3.63, 3.8) is 0 Å². The van der Waals surface area contributed by atoms with Crippen LogP contribution in [0.25, 0.3) is 0 Å². The zero-order chi connectivity index (χ0) is 13.9. The van der Waals surface area contributed by atoms with Crippen LogP contribution in [0, 0.1) is 0 Å². The van der Waals surface area contributed by atoms with Gasteiger partial charge in [-0.3, -0.25) is 4.79 Å². The summed E-state index contributed by atoms with van der Waals surface area (Å²) in [4.78, 5) is 22.4. The second-order valence-electron chi connectivity index (χ2n) is 4.11. The fourth-order valence-electron chi connectivity index (χ4n) is 1.85. The van der Waals surface area contributed by atoms with Gasteiger partial charge in [-0.1, -0.05) is 0 Å². The number of hydrogen-bond acceptors (Lipinski definition) is 5. The Labute approximate surface area is 105 Å². The zero-order valence-electron chi connectivity index (χ0n) is 9.87. The molecule has 104 valence electrons. The molecule has 0 bridgehead atoms. The van der Waals surface area contributed by atoms with Gasteiger partial charge in [-0.25, -0.2) is 13.2 Å². The number of sulfonamides is 1. The van der Waals surface area contributed by atoms with Gasteiger partial charge in [0.1, 0.15) is 12.1 Å². The maximum Gasteiger partial charge on any atom is 0.328 e. The van der Waals surface area contributed by atoms with Gasteiger partial charge in [0.15, 0.2) is 0 Å². The van der Waals surface area contributed by atoms with Crippen LogP contribution in [0.3, 0.4) is 0 Å². The third-order valence-electron chi connectivity index (χ3n) is 2.73. The minimum absolute atomic E-state index is 0.244. The molecule has 9 heteroatoms. The maximum atomic E-state index is 11.8. The molecule has 0 spiro atoms. The Bertz CT molecular complexity index is 434. The molecule has 18 heavy (non-hydrogen) atoms. The normalized spacial score (nSPS) is 22.7. The molecule has 1 rings (SSSR count). The van der Waals surface area contributed by atoms with Crippen LogP contribution >= 0.6 is 0 Å². The standard InChI is InChI=1S/C9H16N2O6S/c1-18(16,17)11-4-2-3-7(11)8(13)10-6(5-12)9(14)15/h6-7,12H,2-5H2,1H3,(H,10,13)(H,14,15)/t6-,7?/m0/s1. The van der Waals surface area contributed by atoms with E-state index in [1.54, 1.807) is 0 Å². The number of amides is 1. The molecule has 0 aromatic carbocycles. The third-order valence-corrected chi connectivity index (χ3v) is 4.02. The summed E-state index contributed by atoms with van der Waals surface area (Å²) in [6.07, 6.45) is 1.89. The van der Waals surface area contributed by atoms with Crippen molar-refractivity contribution in [3.05, 3.63) is 0 Å². The summed E-state index contributed by atoms with van der Waals surface area (Å²) in [5, 5.41) is 19.6. The number of hydrogen-bond donors (Lipinski definition) is 3. The minimum atomic E-state index is -3.50. The first kappa shape index (κ1) is 14.9. The van der Waals surface area contributed by atoms with E-state index in [9.17, 15) is 18.0 Å². The van der Waals surface area contributed by atoms with Gasteiger partial charge < -0.3 is 15.5 Å². The maximum absolute atomic E-state index is 11.8. The van der Waals surface area contributed by atoms with Crippen LogP contribution in [0.4, 0.5) is 0 Å². The van der Waals surface area contributed by atoms with Gasteiger partial charge in [0, 0.05) is 6.54 Å². The van der Waals surface area contributed by atoms with Crippen LogP contribution in [-0.4, -0.2) is 66.3 Å². The summed E-state index contributed by atoms with van der Waals surface area (Å²) >= 11 is 0. The Balaban J connectivity index is 2.75. The Morgan fingerprint density at radius 3 is 2.56 bits per heavy atom. The van der Waals surface area contributed by atoms with Crippen LogP contribution in [0.1, 0.15) is 12.8 Å². The fraction of sp³-hybridized carbons (Fsp3) is 0.778. The van der Waals surface area contributed by atoms with E-state index in [0.29, 0.717) is 12.8 Å². The highest BCUT2D eigenvalue weighted by Gasteiger charge is 2.37. The number of carboxylic acids is 1. The summed E-state index contributed by atoms with van der Waals surface area (Å²) in [7, 11) is -3.50. The van der Waals surface area contributed by atoms with Crippen LogP contribution < -0.4 is 5.32 Å². The van der Waals surface area contributed by atoms with Crippen molar-refractivity contribution in [2.45, 2.75) is 24.9 Å². The highest BCUT2D eigenvalue weighted by molar-refractivity contribution is 7.88. The van der Waals surface area contributed by atoms with E-state index in [1.807, 2.05) is 0 Å². The summed E-state index contributed by atoms with van der Waals surface area (Å²) in [5.41, 5.74) is 0. The van der Waals surface area contributed by atoms with E-state index >= 15 is 0 Å². The number of nitrogens with zero attached hydrogens (tertiary/aromatic N) is 1. The summed E-state index contributed by atoms with van der Waals surface area (Å²) in [6.45, 7) is -0.500. The van der Waals surface area contributed by atoms with E-state index in [4.69, 9.17) is 10.2 Å². The predicted octanol–water partition coefficient (Wildman–Crippen LogP) is -2.03. The van der Waals surface area contributed by atoms with Gasteiger partial charge in [0.05, 0.1) is 12.9 Å². The molecule has 1 aliphatic rings. The molecule has 1 saturated heterocycles. The Kier molecular flexibility index (Phi) is 4.65. The molecule has 3 N–H and O–H groups in total. The molecule has 8 nitrogen and oxygen atoms in total. The van der Waals surface area contributed by atoms with Crippen molar-refractivity contribution in [1.82, 2.24) is 9.62 Å². The largest absolute Gasteiger partial charge is 0.480 e. The lowest BCUT2D eigenvalue weighted by Gasteiger charge is -2.22. The number of carbonyl (C=O) groups excluding carboxylic acids is 1. The Hall–Kier alpha value is -1.19. The van der Waals surface area contributed by atoms with E-state index in [-0.39, 0.29) is 6.54 Å². The molecule has 1 aliphatic heterocycles. The van der Waals surface area contributed by atoms with Gasteiger partial charge in [-0.2, -0.15) is 4.31 Å². The second-order valence-corrected chi connectivity index (χ2v) is 6.05. The van der Waals surface area contributed by atoms with Crippen LogP contribution in [0.5, 0.6) is 0 Å². The van der Waals surface area contributed by atoms with Crippen LogP contribution in [0.2, 0.25) is 0 Å². The molecular weight excluding hydrogens is 264 g/mol. The lowest BCUT2D eigenvalue weighted by molar-refractivity contribution is -0.143. The first-order valence-electron chi connectivity index (χ1n) is 5.38. The summed E-state index contributed by atoms with van der Waals surface area (Å²) in [5.74, 6) is -2.06. The van der Waals surface area contributed by atoms with Gasteiger partial charge in [0.25, 0.3) is 0 Å². The topological polar surface area (TPSA) is 124 Å². The molecule has 0 radical (unpaired) electrons. The number of nitrogens with one attached hydrogen (secondary N) is 1. The third kappa shape index (κ3) is 3.40. The van der Waals surface area contributed by atoms with Crippen molar-refractivity contribution < 1.29 is 28.2 Å². The molecule has 1 heterocycles. The second kappa shape index (κ2) is 5.63. The first-order chi connectivity index (χ1) is 8.27. The number of aliphatic carboxylic acids is 1. The number of aliphatic hydroxyl groups is 1. The van der Waals surface area contributed by atoms with Crippen molar-refractivity contribution in [2.24, 2.45) is 0 Å². The highest BCUT2D eigenvalue weighted by atomic mass is 32.2. The monoisotopic (exact) mass is 280 g/mol. The average Bonchev–Trinajstić information content (AvgIpc) is 2.73. The molecule has 0 aliphatic carbocycles. The Morgan fingerprint density at radius 2 is 2.11 bits per heavy atom. The molecule has 1 amide bonds. The molecular formula is C9H16N2O6S. The van der Waals surface area contributed by atoms with Gasteiger partial charge in [0.2, 0.25) is 15.9 Å². The highest BCUT2D eigenvalue weighted by Crippen LogP contribution is 2.20. The smallest absolute Gasteiger partial charge is 0.328 e. The number of rotatable bonds is 5. The van der Waals surface area contributed by atoms with Gasteiger partial charge in [-0.05, 0) is 12.8 Å². The molecule has 0 aromatic rings. The van der Waals surface area contributed by atoms with Gasteiger partial charge >= 0.3 is 5.97 Å². The van der Waals surface area contributed by atoms with E-state index in [1.165, 1.54) is 0 Å². The first-order valence-corrected chi connectivity index (χ1v) is 7.23. The quantitative estimate of drug-likeness (QED) is 0.533. The van der Waals surface area contributed by atoms with Crippen molar-refractivity contribution >= 4 is 21.9 Å². The molecule has 0 aromatic heterocycles. The van der Waals surface area contributed by atoms with Crippen molar-refractivity contribution in [2.75, 3.05) is 19.4 Å². The molecule has 1 fully saturated rings. The molecule has 2 atom stereocenters. The van der Waals surface area contributed by atoms with Crippen molar-refractivity contribution in [1.29, 1.82) is 0 Å². The number of carbonyl (C=O) groups is 2. The van der Waals surface area contributed by atoms with E-state index in [0.717, 1.165) is 10.6 Å². The average molecular weight is 280 g/mol. The zero-order valence-corrected chi connectivity index (χ0v) is 10.7. The van der Waals surface area contributed by atoms with Crippen molar-refractivity contribution in [3.8, 4) is 0 Å². The van der Waals surface area contributed by atoms with E-state index < -0.39 is 40.6 Å². The summed E-state index contributed by atoms with van der Waals surface area (Å²) < 4.78 is 23.9. The predicted molar refractivity (Wildman–Crippen MR) is 61.2 cm³/mol. The van der Waals surface area contributed by atoms with E-state index in [2.05, 4.69) is 5.32 Å². The Morgan fingerprint density at radius 1 is 1.50 bits per heavy atom. The SMILES string of the molecule is CS(=O)(=O)N1CCCC1C(=O)N[C@@H](CO)C(=O)O. The van der Waals surface area contributed by atoms with Crippen LogP contribution in [0.15, 0.2) is 0 Å². The minimum Gasteiger partial charge on any atom is -0.480 e. The molecule has 0 saturated carbocycles. The lowest BCUT2D eigenvalue weighted by atomic mass is 10.2.